The minimum atomic E-state index is 0.0196. The fraction of sp³-hybridized carbons (Fsp3) is 0.368. The number of halogens is 1. The van der Waals surface area contributed by atoms with Crippen LogP contribution in [0.2, 0.25) is 0 Å². The van der Waals surface area contributed by atoms with Crippen LogP contribution < -0.4 is 14.8 Å². The number of nitrogens with one attached hydrogen (secondary N) is 1. The van der Waals surface area contributed by atoms with Crippen molar-refractivity contribution in [2.24, 2.45) is 0 Å². The van der Waals surface area contributed by atoms with E-state index in [-0.39, 0.29) is 5.91 Å². The number of ether oxygens (including phenoxy) is 2. The fourth-order valence-electron chi connectivity index (χ4n) is 3.05. The molecule has 1 aliphatic rings. The van der Waals surface area contributed by atoms with Crippen molar-refractivity contribution < 1.29 is 14.3 Å². The molecular weight excluding hydrogens is 398 g/mol. The molecule has 3 rings (SSSR count). The Hall–Kier alpha value is -2.28. The summed E-state index contributed by atoms with van der Waals surface area (Å²) in [6.45, 7) is 1.42. The van der Waals surface area contributed by atoms with Gasteiger partial charge in [-0.3, -0.25) is 4.79 Å². The van der Waals surface area contributed by atoms with Crippen molar-refractivity contribution in [3.8, 4) is 11.5 Å². The van der Waals surface area contributed by atoms with Gasteiger partial charge in [-0.25, -0.2) is 4.98 Å². The molecule has 1 aromatic carbocycles. The maximum absolute atomic E-state index is 12.8. The summed E-state index contributed by atoms with van der Waals surface area (Å²) < 4.78 is 11.5. The predicted molar refractivity (Wildman–Crippen MR) is 104 cm³/mol. The van der Waals surface area contributed by atoms with E-state index in [2.05, 4.69) is 26.2 Å². The molecular formula is C19H22BrN3O3. The van der Waals surface area contributed by atoms with Crippen molar-refractivity contribution in [2.45, 2.75) is 18.9 Å². The molecule has 0 saturated carbocycles. The van der Waals surface area contributed by atoms with Gasteiger partial charge in [0.2, 0.25) is 0 Å². The van der Waals surface area contributed by atoms with Gasteiger partial charge in [-0.1, -0.05) is 0 Å². The lowest BCUT2D eigenvalue weighted by Gasteiger charge is -2.32. The third kappa shape index (κ3) is 4.27. The average Bonchev–Trinajstić information content (AvgIpc) is 2.69. The monoisotopic (exact) mass is 419 g/mol. The zero-order valence-electron chi connectivity index (χ0n) is 14.9. The molecule has 7 heteroatoms. The minimum absolute atomic E-state index is 0.0196. The number of methoxy groups -OCH3 is 2. The molecule has 0 unspecified atom stereocenters. The van der Waals surface area contributed by atoms with Crippen molar-refractivity contribution in [3.63, 3.8) is 0 Å². The molecule has 1 fully saturated rings. The molecule has 0 radical (unpaired) electrons. The molecule has 26 heavy (non-hydrogen) atoms. The van der Waals surface area contributed by atoms with E-state index >= 15 is 0 Å². The lowest BCUT2D eigenvalue weighted by atomic mass is 10.0. The van der Waals surface area contributed by atoms with E-state index in [1.165, 1.54) is 0 Å². The fourth-order valence-corrected chi connectivity index (χ4v) is 3.28. The quantitative estimate of drug-likeness (QED) is 0.801. The number of piperidine rings is 1. The lowest BCUT2D eigenvalue weighted by molar-refractivity contribution is 0.0718. The largest absolute Gasteiger partial charge is 0.493 e. The number of likely N-dealkylation sites (tertiary alicyclic amines) is 1. The Labute approximate surface area is 161 Å². The molecule has 0 aliphatic carbocycles. The minimum Gasteiger partial charge on any atom is -0.493 e. The highest BCUT2D eigenvalue weighted by atomic mass is 79.9. The van der Waals surface area contributed by atoms with Crippen molar-refractivity contribution in [1.29, 1.82) is 0 Å². The van der Waals surface area contributed by atoms with Crippen LogP contribution in [0.25, 0.3) is 0 Å². The zero-order valence-corrected chi connectivity index (χ0v) is 16.5. The first-order valence-corrected chi connectivity index (χ1v) is 9.29. The molecule has 1 aromatic heterocycles. The SMILES string of the molecule is COc1ccc(C(=O)N2CCC(Nc3ccc(Br)cn3)CC2)cc1OC. The van der Waals surface area contributed by atoms with E-state index in [0.717, 1.165) is 23.1 Å². The van der Waals surface area contributed by atoms with Crippen LogP contribution in [-0.2, 0) is 0 Å². The molecule has 138 valence electrons. The van der Waals surface area contributed by atoms with Crippen molar-refractivity contribution >= 4 is 27.7 Å². The summed E-state index contributed by atoms with van der Waals surface area (Å²) >= 11 is 3.38. The highest BCUT2D eigenvalue weighted by Crippen LogP contribution is 2.28. The number of carbonyl (C=O) groups excluding carboxylic acids is 1. The predicted octanol–water partition coefficient (Wildman–Crippen LogP) is 3.58. The van der Waals surface area contributed by atoms with E-state index in [4.69, 9.17) is 9.47 Å². The molecule has 1 aliphatic heterocycles. The number of rotatable bonds is 5. The summed E-state index contributed by atoms with van der Waals surface area (Å²) in [5.74, 6) is 2.06. The molecule has 0 bridgehead atoms. The van der Waals surface area contributed by atoms with Crippen LogP contribution in [0.15, 0.2) is 41.0 Å². The molecule has 2 heterocycles. The summed E-state index contributed by atoms with van der Waals surface area (Å²) in [6, 6.07) is 9.51. The Bertz CT molecular complexity index is 759. The number of aromatic nitrogens is 1. The standard InChI is InChI=1S/C19H22BrN3O3/c1-25-16-5-3-13(11-17(16)26-2)19(24)23-9-7-15(8-10-23)22-18-6-4-14(20)12-21-18/h3-6,11-12,15H,7-10H2,1-2H3,(H,21,22). The molecule has 0 spiro atoms. The number of nitrogens with zero attached hydrogens (tertiary/aromatic N) is 2. The molecule has 6 nitrogen and oxygen atoms in total. The van der Waals surface area contributed by atoms with E-state index in [1.807, 2.05) is 17.0 Å². The summed E-state index contributed by atoms with van der Waals surface area (Å²) in [4.78, 5) is 19.0. The molecule has 1 amide bonds. The van der Waals surface area contributed by atoms with Gasteiger partial charge >= 0.3 is 0 Å². The number of benzene rings is 1. The first-order chi connectivity index (χ1) is 12.6. The van der Waals surface area contributed by atoms with Crippen LogP contribution in [0, 0.1) is 0 Å². The van der Waals surface area contributed by atoms with Gasteiger partial charge < -0.3 is 19.7 Å². The summed E-state index contributed by atoms with van der Waals surface area (Å²) in [7, 11) is 3.15. The van der Waals surface area contributed by atoms with Gasteiger partial charge in [0.25, 0.3) is 5.91 Å². The van der Waals surface area contributed by atoms with Gasteiger partial charge in [0, 0.05) is 35.4 Å². The third-order valence-corrected chi connectivity index (χ3v) is 4.96. The second kappa shape index (κ2) is 8.40. The first-order valence-electron chi connectivity index (χ1n) is 8.50. The maximum Gasteiger partial charge on any atom is 0.253 e. The van der Waals surface area contributed by atoms with Crippen molar-refractivity contribution in [1.82, 2.24) is 9.88 Å². The Morgan fingerprint density at radius 3 is 2.50 bits per heavy atom. The second-order valence-corrected chi connectivity index (χ2v) is 7.06. The number of anilines is 1. The Morgan fingerprint density at radius 1 is 1.15 bits per heavy atom. The lowest BCUT2D eigenvalue weighted by Crippen LogP contribution is -2.42. The van der Waals surface area contributed by atoms with E-state index in [1.54, 1.807) is 38.6 Å². The molecule has 1 saturated heterocycles. The van der Waals surface area contributed by atoms with Gasteiger partial charge in [0.1, 0.15) is 5.82 Å². The number of hydrogen-bond donors (Lipinski definition) is 1. The van der Waals surface area contributed by atoms with Crippen LogP contribution in [0.5, 0.6) is 11.5 Å². The van der Waals surface area contributed by atoms with Gasteiger partial charge in [0.05, 0.1) is 14.2 Å². The van der Waals surface area contributed by atoms with Gasteiger partial charge in [-0.05, 0) is 59.1 Å². The summed E-state index contributed by atoms with van der Waals surface area (Å²) in [5.41, 5.74) is 0.614. The topological polar surface area (TPSA) is 63.7 Å². The Balaban J connectivity index is 1.59. The van der Waals surface area contributed by atoms with Crippen LogP contribution >= 0.6 is 15.9 Å². The Kier molecular flexibility index (Phi) is 5.98. The highest BCUT2D eigenvalue weighted by Gasteiger charge is 2.24. The zero-order chi connectivity index (χ0) is 18.5. The van der Waals surface area contributed by atoms with Gasteiger partial charge in [-0.15, -0.1) is 0 Å². The van der Waals surface area contributed by atoms with Crippen molar-refractivity contribution in [3.05, 3.63) is 46.6 Å². The van der Waals surface area contributed by atoms with Crippen LogP contribution in [0.1, 0.15) is 23.2 Å². The van der Waals surface area contributed by atoms with Crippen molar-refractivity contribution in [2.75, 3.05) is 32.6 Å². The molecule has 2 aromatic rings. The highest BCUT2D eigenvalue weighted by molar-refractivity contribution is 9.10. The average molecular weight is 420 g/mol. The van der Waals surface area contributed by atoms with E-state index in [0.29, 0.717) is 36.2 Å². The van der Waals surface area contributed by atoms with Crippen LogP contribution in [0.3, 0.4) is 0 Å². The van der Waals surface area contributed by atoms with Crippen LogP contribution in [-0.4, -0.2) is 49.1 Å². The smallest absolute Gasteiger partial charge is 0.253 e. The number of hydrogen-bond acceptors (Lipinski definition) is 5. The number of amides is 1. The normalized spacial score (nSPS) is 14.8. The van der Waals surface area contributed by atoms with E-state index in [9.17, 15) is 4.79 Å². The summed E-state index contributed by atoms with van der Waals surface area (Å²) in [6.07, 6.45) is 3.55. The van der Waals surface area contributed by atoms with Gasteiger partial charge in [0.15, 0.2) is 11.5 Å². The number of pyridine rings is 1. The van der Waals surface area contributed by atoms with Gasteiger partial charge in [-0.2, -0.15) is 0 Å². The summed E-state index contributed by atoms with van der Waals surface area (Å²) in [5, 5.41) is 3.43. The van der Waals surface area contributed by atoms with E-state index < -0.39 is 0 Å². The number of carbonyl (C=O) groups is 1. The maximum atomic E-state index is 12.8. The van der Waals surface area contributed by atoms with Crippen LogP contribution in [0.4, 0.5) is 5.82 Å². The third-order valence-electron chi connectivity index (χ3n) is 4.49. The molecule has 0 atom stereocenters. The first kappa shape index (κ1) is 18.5. The Morgan fingerprint density at radius 2 is 1.88 bits per heavy atom. The molecule has 1 N–H and O–H groups in total. The second-order valence-electron chi connectivity index (χ2n) is 6.14.